The van der Waals surface area contributed by atoms with Crippen LogP contribution in [0.5, 0.6) is 0 Å². The van der Waals surface area contributed by atoms with Gasteiger partial charge in [-0.15, -0.1) is 11.3 Å². The first-order valence-electron chi connectivity index (χ1n) is 9.42. The van der Waals surface area contributed by atoms with Crippen molar-refractivity contribution in [3.05, 3.63) is 16.8 Å². The van der Waals surface area contributed by atoms with Gasteiger partial charge in [0.2, 0.25) is 0 Å². The quantitative estimate of drug-likeness (QED) is 0.725. The Kier molecular flexibility index (Phi) is 6.62. The van der Waals surface area contributed by atoms with Crippen LogP contribution in [0.1, 0.15) is 38.1 Å². The number of anilines is 1. The van der Waals surface area contributed by atoms with Crippen molar-refractivity contribution >= 4 is 27.4 Å². The normalized spacial score (nSPS) is 16.0. The summed E-state index contributed by atoms with van der Waals surface area (Å²) < 4.78 is 5.40. The highest BCUT2D eigenvalue weighted by Gasteiger charge is 2.14. The zero-order valence-electron chi connectivity index (χ0n) is 15.7. The van der Waals surface area contributed by atoms with Gasteiger partial charge in [-0.05, 0) is 49.6 Å². The standard InChI is InChI=1S/C19H30N4OS/c1-14(2)12-16-13-25-19-17(16)18(21-15(3)22-19)20-6-4-5-7-23-8-10-24-11-9-23/h13-14H,4-12H2,1-3H3,(H,20,21,22). The lowest BCUT2D eigenvalue weighted by atomic mass is 10.0. The maximum atomic E-state index is 5.40. The van der Waals surface area contributed by atoms with E-state index in [1.165, 1.54) is 23.9 Å². The lowest BCUT2D eigenvalue weighted by Crippen LogP contribution is -2.36. The second-order valence-electron chi connectivity index (χ2n) is 7.25. The van der Waals surface area contributed by atoms with E-state index in [1.807, 2.05) is 6.92 Å². The number of rotatable bonds is 8. The fourth-order valence-corrected chi connectivity index (χ4v) is 4.32. The van der Waals surface area contributed by atoms with E-state index < -0.39 is 0 Å². The molecule has 1 aliphatic heterocycles. The van der Waals surface area contributed by atoms with Crippen molar-refractivity contribution in [1.82, 2.24) is 14.9 Å². The number of unbranched alkanes of at least 4 members (excludes halogenated alkanes) is 1. The summed E-state index contributed by atoms with van der Waals surface area (Å²) in [5.41, 5.74) is 1.38. The van der Waals surface area contributed by atoms with Gasteiger partial charge in [0.05, 0.1) is 18.6 Å². The van der Waals surface area contributed by atoms with Gasteiger partial charge < -0.3 is 10.1 Å². The Bertz CT molecular complexity index is 679. The van der Waals surface area contributed by atoms with Crippen LogP contribution in [0.4, 0.5) is 5.82 Å². The first kappa shape index (κ1) is 18.5. The van der Waals surface area contributed by atoms with Crippen LogP contribution in [0.2, 0.25) is 0 Å². The molecule has 1 saturated heterocycles. The van der Waals surface area contributed by atoms with Crippen LogP contribution in [0.15, 0.2) is 5.38 Å². The van der Waals surface area contributed by atoms with Crippen molar-refractivity contribution in [2.75, 3.05) is 44.7 Å². The summed E-state index contributed by atoms with van der Waals surface area (Å²) >= 11 is 1.74. The molecular weight excluding hydrogens is 332 g/mol. The molecule has 1 fully saturated rings. The molecule has 2 aromatic heterocycles. The minimum absolute atomic E-state index is 0.639. The zero-order valence-corrected chi connectivity index (χ0v) is 16.5. The average Bonchev–Trinajstić information content (AvgIpc) is 2.97. The number of nitrogens with one attached hydrogen (secondary N) is 1. The van der Waals surface area contributed by atoms with Crippen LogP contribution in [0, 0.1) is 12.8 Å². The highest BCUT2D eigenvalue weighted by molar-refractivity contribution is 7.17. The molecule has 0 saturated carbocycles. The molecule has 25 heavy (non-hydrogen) atoms. The number of morpholine rings is 1. The van der Waals surface area contributed by atoms with E-state index in [2.05, 4.69) is 39.4 Å². The summed E-state index contributed by atoms with van der Waals surface area (Å²) in [5, 5.41) is 7.06. The predicted molar refractivity (Wildman–Crippen MR) is 106 cm³/mol. The third kappa shape index (κ3) is 5.12. The molecule has 1 N–H and O–H groups in total. The van der Waals surface area contributed by atoms with Gasteiger partial charge in [0.1, 0.15) is 16.5 Å². The Hall–Kier alpha value is -1.24. The summed E-state index contributed by atoms with van der Waals surface area (Å²) in [7, 11) is 0. The van der Waals surface area contributed by atoms with Gasteiger partial charge in [-0.3, -0.25) is 4.90 Å². The Morgan fingerprint density at radius 1 is 1.24 bits per heavy atom. The van der Waals surface area contributed by atoms with E-state index in [9.17, 15) is 0 Å². The molecule has 6 heteroatoms. The van der Waals surface area contributed by atoms with Gasteiger partial charge in [0, 0.05) is 19.6 Å². The fraction of sp³-hybridized carbons (Fsp3) is 0.684. The Labute approximate surface area is 154 Å². The van der Waals surface area contributed by atoms with E-state index in [4.69, 9.17) is 4.74 Å². The summed E-state index contributed by atoms with van der Waals surface area (Å²) in [6, 6.07) is 0. The van der Waals surface area contributed by atoms with Gasteiger partial charge >= 0.3 is 0 Å². The Morgan fingerprint density at radius 3 is 2.80 bits per heavy atom. The van der Waals surface area contributed by atoms with Crippen LogP contribution in [0.25, 0.3) is 10.2 Å². The Balaban J connectivity index is 1.57. The van der Waals surface area contributed by atoms with Crippen molar-refractivity contribution in [3.8, 4) is 0 Å². The lowest BCUT2D eigenvalue weighted by Gasteiger charge is -2.26. The second kappa shape index (κ2) is 8.92. The average molecular weight is 363 g/mol. The van der Waals surface area contributed by atoms with E-state index >= 15 is 0 Å². The summed E-state index contributed by atoms with van der Waals surface area (Å²) in [6.45, 7) is 12.5. The highest BCUT2D eigenvalue weighted by Crippen LogP contribution is 2.31. The number of aryl methyl sites for hydroxylation is 1. The van der Waals surface area contributed by atoms with Crippen LogP contribution in [-0.4, -0.2) is 54.3 Å². The lowest BCUT2D eigenvalue weighted by molar-refractivity contribution is 0.0373. The fourth-order valence-electron chi connectivity index (χ4n) is 3.32. The van der Waals surface area contributed by atoms with Crippen LogP contribution in [0.3, 0.4) is 0 Å². The van der Waals surface area contributed by atoms with Crippen molar-refractivity contribution in [3.63, 3.8) is 0 Å². The smallest absolute Gasteiger partial charge is 0.138 e. The van der Waals surface area contributed by atoms with Crippen molar-refractivity contribution in [2.24, 2.45) is 5.92 Å². The molecule has 5 nitrogen and oxygen atoms in total. The third-order valence-corrected chi connectivity index (χ3v) is 5.47. The number of ether oxygens (including phenoxy) is 1. The number of fused-ring (bicyclic) bond motifs is 1. The summed E-state index contributed by atoms with van der Waals surface area (Å²) in [6.07, 6.45) is 3.45. The molecule has 3 heterocycles. The van der Waals surface area contributed by atoms with Gasteiger partial charge in [-0.1, -0.05) is 13.8 Å². The largest absolute Gasteiger partial charge is 0.379 e. The molecule has 3 rings (SSSR count). The molecule has 0 bridgehead atoms. The van der Waals surface area contributed by atoms with Gasteiger partial charge in [0.15, 0.2) is 0 Å². The van der Waals surface area contributed by atoms with Crippen molar-refractivity contribution in [2.45, 2.75) is 40.0 Å². The Morgan fingerprint density at radius 2 is 2.04 bits per heavy atom. The van der Waals surface area contributed by atoms with Crippen molar-refractivity contribution in [1.29, 1.82) is 0 Å². The van der Waals surface area contributed by atoms with Gasteiger partial charge in [0.25, 0.3) is 0 Å². The topological polar surface area (TPSA) is 50.3 Å². The first-order chi connectivity index (χ1) is 12.1. The van der Waals surface area contributed by atoms with E-state index in [0.29, 0.717) is 5.92 Å². The molecule has 0 unspecified atom stereocenters. The number of hydrogen-bond donors (Lipinski definition) is 1. The monoisotopic (exact) mass is 362 g/mol. The minimum Gasteiger partial charge on any atom is -0.379 e. The molecule has 0 aromatic carbocycles. The summed E-state index contributed by atoms with van der Waals surface area (Å²) in [4.78, 5) is 12.9. The maximum absolute atomic E-state index is 5.40. The molecule has 0 aliphatic carbocycles. The number of thiophene rings is 1. The van der Waals surface area contributed by atoms with E-state index in [0.717, 1.165) is 62.2 Å². The first-order valence-corrected chi connectivity index (χ1v) is 10.3. The predicted octanol–water partition coefficient (Wildman–Crippen LogP) is 3.72. The van der Waals surface area contributed by atoms with Crippen LogP contribution < -0.4 is 5.32 Å². The maximum Gasteiger partial charge on any atom is 0.138 e. The summed E-state index contributed by atoms with van der Waals surface area (Å²) in [5.74, 6) is 2.51. The van der Waals surface area contributed by atoms with Gasteiger partial charge in [-0.2, -0.15) is 0 Å². The molecule has 138 valence electrons. The van der Waals surface area contributed by atoms with Crippen LogP contribution in [-0.2, 0) is 11.2 Å². The number of aromatic nitrogens is 2. The van der Waals surface area contributed by atoms with E-state index in [1.54, 1.807) is 11.3 Å². The zero-order chi connectivity index (χ0) is 17.6. The van der Waals surface area contributed by atoms with Gasteiger partial charge in [-0.25, -0.2) is 9.97 Å². The number of hydrogen-bond acceptors (Lipinski definition) is 6. The molecular formula is C19H30N4OS. The molecule has 0 spiro atoms. The molecule has 1 aliphatic rings. The van der Waals surface area contributed by atoms with E-state index in [-0.39, 0.29) is 0 Å². The third-order valence-electron chi connectivity index (χ3n) is 4.55. The van der Waals surface area contributed by atoms with Crippen LogP contribution >= 0.6 is 11.3 Å². The van der Waals surface area contributed by atoms with Crippen molar-refractivity contribution < 1.29 is 4.74 Å². The molecule has 0 radical (unpaired) electrons. The number of nitrogens with zero attached hydrogens (tertiary/aromatic N) is 3. The molecule has 0 atom stereocenters. The molecule has 0 amide bonds. The second-order valence-corrected chi connectivity index (χ2v) is 8.10. The SMILES string of the molecule is Cc1nc(NCCCCN2CCOCC2)c2c(CC(C)C)csc2n1. The minimum atomic E-state index is 0.639. The highest BCUT2D eigenvalue weighted by atomic mass is 32.1. The molecule has 2 aromatic rings.